The van der Waals surface area contributed by atoms with Crippen LogP contribution in [0.4, 0.5) is 10.2 Å². The number of aliphatic carboxylic acids is 1. The second-order valence-electron chi connectivity index (χ2n) is 6.43. The maximum absolute atomic E-state index is 13.6. The Bertz CT molecular complexity index is 763. The first-order valence-corrected chi connectivity index (χ1v) is 7.63. The molecule has 2 aliphatic rings. The predicted octanol–water partition coefficient (Wildman–Crippen LogP) is 3.07. The molecular weight excluding hydrogens is 283 g/mol. The third-order valence-corrected chi connectivity index (χ3v) is 5.30. The summed E-state index contributed by atoms with van der Waals surface area (Å²) in [6, 6.07) is 6.50. The fourth-order valence-corrected chi connectivity index (χ4v) is 4.18. The van der Waals surface area contributed by atoms with Gasteiger partial charge >= 0.3 is 5.97 Å². The smallest absolute Gasteiger partial charge is 0.311 e. The van der Waals surface area contributed by atoms with Gasteiger partial charge in [0.2, 0.25) is 0 Å². The third kappa shape index (κ3) is 1.81. The third-order valence-electron chi connectivity index (χ3n) is 5.30. The number of hydrogen-bond acceptors (Lipinski definition) is 3. The Balaban J connectivity index is 1.78. The Kier molecular flexibility index (Phi) is 2.86. The first-order valence-electron chi connectivity index (χ1n) is 7.63. The number of rotatable bonds is 2. The Labute approximate surface area is 127 Å². The van der Waals surface area contributed by atoms with Gasteiger partial charge in [-0.05, 0) is 42.3 Å². The number of aromatic nitrogens is 1. The highest BCUT2D eigenvalue weighted by Gasteiger charge is 2.55. The number of carboxylic acids is 1. The minimum atomic E-state index is -0.705. The van der Waals surface area contributed by atoms with Crippen LogP contribution in [-0.4, -0.2) is 29.1 Å². The summed E-state index contributed by atoms with van der Waals surface area (Å²) >= 11 is 0. The van der Waals surface area contributed by atoms with Gasteiger partial charge in [0, 0.05) is 24.7 Å². The summed E-state index contributed by atoms with van der Waals surface area (Å²) in [5.41, 5.74) is -0.656. The molecule has 0 unspecified atom stereocenters. The zero-order chi connectivity index (χ0) is 15.3. The summed E-state index contributed by atoms with van der Waals surface area (Å²) in [5, 5.41) is 11.4. The summed E-state index contributed by atoms with van der Waals surface area (Å²) < 4.78 is 13.6. The van der Waals surface area contributed by atoms with Gasteiger partial charge in [-0.2, -0.15) is 0 Å². The average Bonchev–Trinajstić information content (AvgIpc) is 3.04. The highest BCUT2D eigenvalue weighted by Crippen LogP contribution is 2.50. The van der Waals surface area contributed by atoms with E-state index in [0.29, 0.717) is 18.9 Å². The molecule has 4 nitrogen and oxygen atoms in total. The van der Waals surface area contributed by atoms with E-state index >= 15 is 0 Å². The molecule has 1 aromatic carbocycles. The summed E-state index contributed by atoms with van der Waals surface area (Å²) in [5.74, 6) is -0.138. The van der Waals surface area contributed by atoms with Crippen LogP contribution in [0.2, 0.25) is 0 Å². The van der Waals surface area contributed by atoms with Crippen LogP contribution in [0.25, 0.3) is 10.8 Å². The largest absolute Gasteiger partial charge is 0.481 e. The van der Waals surface area contributed by atoms with E-state index in [0.717, 1.165) is 30.0 Å². The van der Waals surface area contributed by atoms with E-state index in [9.17, 15) is 14.3 Å². The lowest BCUT2D eigenvalue weighted by Crippen LogP contribution is -2.35. The van der Waals surface area contributed by atoms with E-state index in [2.05, 4.69) is 4.98 Å². The van der Waals surface area contributed by atoms with Crippen molar-refractivity contribution in [3.05, 3.63) is 36.3 Å². The summed E-state index contributed by atoms with van der Waals surface area (Å²) in [4.78, 5) is 18.2. The van der Waals surface area contributed by atoms with E-state index in [4.69, 9.17) is 0 Å². The van der Waals surface area contributed by atoms with Gasteiger partial charge in [0.25, 0.3) is 0 Å². The number of hydrogen-bond donors (Lipinski definition) is 1. The monoisotopic (exact) mass is 300 g/mol. The molecule has 2 heterocycles. The molecule has 0 amide bonds. The van der Waals surface area contributed by atoms with Crippen molar-refractivity contribution in [2.45, 2.75) is 19.3 Å². The molecule has 1 aliphatic carbocycles. The highest BCUT2D eigenvalue weighted by molar-refractivity contribution is 5.92. The minimum Gasteiger partial charge on any atom is -0.481 e. The summed E-state index contributed by atoms with van der Waals surface area (Å²) in [6.45, 7) is 1.16. The van der Waals surface area contributed by atoms with Crippen LogP contribution in [0, 0.1) is 17.2 Å². The van der Waals surface area contributed by atoms with Gasteiger partial charge in [-0.3, -0.25) is 4.79 Å². The Hall–Kier alpha value is -2.17. The summed E-state index contributed by atoms with van der Waals surface area (Å²) in [7, 11) is 0. The van der Waals surface area contributed by atoms with Gasteiger partial charge < -0.3 is 10.0 Å². The minimum absolute atomic E-state index is 0.163. The Morgan fingerprint density at radius 1 is 1.41 bits per heavy atom. The Morgan fingerprint density at radius 3 is 3.05 bits per heavy atom. The van der Waals surface area contributed by atoms with Crippen molar-refractivity contribution < 1.29 is 14.3 Å². The van der Waals surface area contributed by atoms with E-state index in [1.165, 1.54) is 12.1 Å². The lowest BCUT2D eigenvalue weighted by atomic mass is 9.81. The second-order valence-corrected chi connectivity index (χ2v) is 6.43. The van der Waals surface area contributed by atoms with Gasteiger partial charge in [-0.25, -0.2) is 9.37 Å². The van der Waals surface area contributed by atoms with Crippen LogP contribution in [0.5, 0.6) is 0 Å². The molecule has 22 heavy (non-hydrogen) atoms. The molecular formula is C17H17FN2O2. The number of halogens is 1. The van der Waals surface area contributed by atoms with Crippen LogP contribution in [-0.2, 0) is 4.79 Å². The zero-order valence-electron chi connectivity index (χ0n) is 12.1. The van der Waals surface area contributed by atoms with Gasteiger partial charge in [0.1, 0.15) is 11.6 Å². The maximum atomic E-state index is 13.6. The van der Waals surface area contributed by atoms with Crippen molar-refractivity contribution in [1.29, 1.82) is 0 Å². The molecule has 1 N–H and O–H groups in total. The van der Waals surface area contributed by atoms with E-state index in [-0.39, 0.29) is 11.7 Å². The maximum Gasteiger partial charge on any atom is 0.311 e. The number of carbonyl (C=O) groups is 1. The topological polar surface area (TPSA) is 53.4 Å². The molecule has 0 radical (unpaired) electrons. The number of anilines is 1. The van der Waals surface area contributed by atoms with Crippen molar-refractivity contribution in [2.24, 2.45) is 11.3 Å². The Morgan fingerprint density at radius 2 is 2.27 bits per heavy atom. The fraction of sp³-hybridized carbons (Fsp3) is 0.412. The average molecular weight is 300 g/mol. The molecule has 1 saturated heterocycles. The molecule has 5 heteroatoms. The van der Waals surface area contributed by atoms with Crippen LogP contribution in [0.15, 0.2) is 30.5 Å². The summed E-state index contributed by atoms with van der Waals surface area (Å²) in [6.07, 6.45) is 4.35. The van der Waals surface area contributed by atoms with E-state index in [1.807, 2.05) is 11.0 Å². The molecule has 2 aromatic rings. The van der Waals surface area contributed by atoms with Crippen molar-refractivity contribution >= 4 is 22.6 Å². The van der Waals surface area contributed by atoms with E-state index in [1.54, 1.807) is 12.3 Å². The second kappa shape index (κ2) is 4.66. The fourth-order valence-electron chi connectivity index (χ4n) is 4.18. The first kappa shape index (κ1) is 13.5. The number of pyridine rings is 1. The van der Waals surface area contributed by atoms with Gasteiger partial charge in [-0.15, -0.1) is 0 Å². The lowest BCUT2D eigenvalue weighted by Gasteiger charge is -2.24. The number of fused-ring (bicyclic) bond motifs is 2. The standard InChI is InChI=1S/C17H17FN2O2/c18-13-4-3-11-5-7-19-15(14(11)8-13)20-9-12-2-1-6-17(12,10-20)16(21)22/h3-5,7-8,12H,1-2,6,9-10H2,(H,21,22)/t12-,17+/m0/s1. The number of carboxylic acid groups (broad SMARTS) is 1. The molecule has 0 spiro atoms. The van der Waals surface area contributed by atoms with Crippen LogP contribution >= 0.6 is 0 Å². The zero-order valence-corrected chi connectivity index (χ0v) is 12.1. The molecule has 2 fully saturated rings. The number of benzene rings is 1. The highest BCUT2D eigenvalue weighted by atomic mass is 19.1. The normalized spacial score (nSPS) is 27.3. The van der Waals surface area contributed by atoms with Gasteiger partial charge in [0.05, 0.1) is 5.41 Å². The van der Waals surface area contributed by atoms with Crippen molar-refractivity contribution in [3.8, 4) is 0 Å². The van der Waals surface area contributed by atoms with Crippen LogP contribution < -0.4 is 4.90 Å². The molecule has 2 atom stereocenters. The first-order chi connectivity index (χ1) is 10.6. The van der Waals surface area contributed by atoms with Crippen LogP contribution in [0.3, 0.4) is 0 Å². The number of nitrogens with zero attached hydrogens (tertiary/aromatic N) is 2. The molecule has 1 saturated carbocycles. The van der Waals surface area contributed by atoms with Gasteiger partial charge in [-0.1, -0.05) is 12.5 Å². The SMILES string of the molecule is O=C(O)[C@@]12CCC[C@H]1CN(c1nccc3ccc(F)cc13)C2. The molecule has 4 rings (SSSR count). The van der Waals surface area contributed by atoms with Crippen molar-refractivity contribution in [1.82, 2.24) is 4.98 Å². The molecule has 1 aliphatic heterocycles. The molecule has 1 aromatic heterocycles. The van der Waals surface area contributed by atoms with Crippen molar-refractivity contribution in [2.75, 3.05) is 18.0 Å². The van der Waals surface area contributed by atoms with Crippen LogP contribution in [0.1, 0.15) is 19.3 Å². The quantitative estimate of drug-likeness (QED) is 0.926. The van der Waals surface area contributed by atoms with E-state index < -0.39 is 11.4 Å². The lowest BCUT2D eigenvalue weighted by molar-refractivity contribution is -0.149. The van der Waals surface area contributed by atoms with Crippen molar-refractivity contribution in [3.63, 3.8) is 0 Å². The van der Waals surface area contributed by atoms with Gasteiger partial charge in [0.15, 0.2) is 0 Å². The predicted molar refractivity (Wildman–Crippen MR) is 81.3 cm³/mol. The molecule has 0 bridgehead atoms. The molecule has 114 valence electrons.